The molecule has 0 radical (unpaired) electrons. The lowest BCUT2D eigenvalue weighted by molar-refractivity contribution is 0.416. The molecule has 84 valence electrons. The molecule has 0 atom stereocenters. The number of hydrogen-bond donors (Lipinski definition) is 0. The molecule has 0 bridgehead atoms. The highest BCUT2D eigenvalue weighted by Gasteiger charge is 2.11. The van der Waals surface area contributed by atoms with Crippen LogP contribution in [0.25, 0.3) is 11.4 Å². The van der Waals surface area contributed by atoms with Crippen LogP contribution in [0.2, 0.25) is 0 Å². The maximum absolute atomic E-state index is 5.35. The summed E-state index contributed by atoms with van der Waals surface area (Å²) in [7, 11) is 1.67. The number of benzene rings is 1. The molecule has 0 spiro atoms. The first-order valence-corrected chi connectivity index (χ1v) is 5.90. The van der Waals surface area contributed by atoms with Crippen LogP contribution in [0, 0.1) is 0 Å². The van der Waals surface area contributed by atoms with Crippen molar-refractivity contribution in [3.63, 3.8) is 0 Å². The van der Waals surface area contributed by atoms with Crippen LogP contribution in [0.3, 0.4) is 0 Å². The fourth-order valence-corrected chi connectivity index (χ4v) is 2.02. The zero-order chi connectivity index (χ0) is 11.5. The molecule has 1 aromatic heterocycles. The van der Waals surface area contributed by atoms with Crippen molar-refractivity contribution in [2.75, 3.05) is 7.11 Å². The second-order valence-electron chi connectivity index (χ2n) is 3.38. The van der Waals surface area contributed by atoms with E-state index in [4.69, 9.17) is 4.74 Å². The zero-order valence-electron chi connectivity index (χ0n) is 9.27. The van der Waals surface area contributed by atoms with Crippen LogP contribution in [0.1, 0.15) is 6.92 Å². The Morgan fingerprint density at radius 3 is 2.94 bits per heavy atom. The van der Waals surface area contributed by atoms with E-state index in [2.05, 4.69) is 32.4 Å². The van der Waals surface area contributed by atoms with Crippen molar-refractivity contribution in [3.05, 3.63) is 35.1 Å². The van der Waals surface area contributed by atoms with Crippen molar-refractivity contribution in [2.45, 2.75) is 13.5 Å². The zero-order valence-corrected chi connectivity index (χ0v) is 10.9. The normalized spacial score (nSPS) is 10.4. The molecule has 0 aliphatic carbocycles. The minimum absolute atomic E-state index is 0.837. The lowest BCUT2D eigenvalue weighted by atomic mass is 10.2. The number of rotatable bonds is 3. The number of aryl methyl sites for hydroxylation is 1. The molecular weight excluding hydrogens is 268 g/mol. The maximum Gasteiger partial charge on any atom is 0.143 e. The average Bonchev–Trinajstić information content (AvgIpc) is 2.76. The van der Waals surface area contributed by atoms with Gasteiger partial charge < -0.3 is 9.30 Å². The monoisotopic (exact) mass is 280 g/mol. The highest BCUT2D eigenvalue weighted by Crippen LogP contribution is 2.31. The third-order valence-electron chi connectivity index (χ3n) is 2.46. The largest absolute Gasteiger partial charge is 0.496 e. The minimum atomic E-state index is 0.837. The van der Waals surface area contributed by atoms with Crippen LogP contribution in [-0.4, -0.2) is 16.7 Å². The summed E-state index contributed by atoms with van der Waals surface area (Å²) < 4.78 is 8.46. The molecule has 2 rings (SSSR count). The second-order valence-corrected chi connectivity index (χ2v) is 4.30. The smallest absolute Gasteiger partial charge is 0.143 e. The Morgan fingerprint density at radius 1 is 1.44 bits per heavy atom. The fourth-order valence-electron chi connectivity index (χ4n) is 1.66. The topological polar surface area (TPSA) is 27.1 Å². The first kappa shape index (κ1) is 11.2. The number of hydrogen-bond acceptors (Lipinski definition) is 2. The Balaban J connectivity index is 2.58. The molecule has 3 nitrogen and oxygen atoms in total. The van der Waals surface area contributed by atoms with Gasteiger partial charge in [-0.1, -0.05) is 15.9 Å². The predicted molar refractivity (Wildman–Crippen MR) is 67.6 cm³/mol. The molecule has 1 heterocycles. The Labute approximate surface area is 103 Å². The van der Waals surface area contributed by atoms with Crippen LogP contribution < -0.4 is 4.74 Å². The van der Waals surface area contributed by atoms with E-state index in [9.17, 15) is 0 Å². The molecule has 0 saturated carbocycles. The lowest BCUT2D eigenvalue weighted by Crippen LogP contribution is -1.98. The molecule has 0 fully saturated rings. The van der Waals surface area contributed by atoms with Crippen molar-refractivity contribution in [1.82, 2.24) is 9.55 Å². The summed E-state index contributed by atoms with van der Waals surface area (Å²) in [5.74, 6) is 1.77. The van der Waals surface area contributed by atoms with Crippen LogP contribution >= 0.6 is 15.9 Å². The number of nitrogens with zero attached hydrogens (tertiary/aromatic N) is 2. The number of methoxy groups -OCH3 is 1. The van der Waals surface area contributed by atoms with Gasteiger partial charge in [-0.25, -0.2) is 4.98 Å². The van der Waals surface area contributed by atoms with Gasteiger partial charge in [0.1, 0.15) is 11.6 Å². The fraction of sp³-hybridized carbons (Fsp3) is 0.250. The Hall–Kier alpha value is -1.29. The quantitative estimate of drug-likeness (QED) is 0.862. The van der Waals surface area contributed by atoms with E-state index >= 15 is 0 Å². The first-order valence-electron chi connectivity index (χ1n) is 5.11. The van der Waals surface area contributed by atoms with Gasteiger partial charge in [0.05, 0.1) is 12.7 Å². The van der Waals surface area contributed by atoms with Gasteiger partial charge in [-0.3, -0.25) is 0 Å². The van der Waals surface area contributed by atoms with Crippen LogP contribution in [0.15, 0.2) is 35.1 Å². The maximum atomic E-state index is 5.35. The average molecular weight is 281 g/mol. The minimum Gasteiger partial charge on any atom is -0.496 e. The highest BCUT2D eigenvalue weighted by atomic mass is 79.9. The molecule has 4 heteroatoms. The summed E-state index contributed by atoms with van der Waals surface area (Å²) in [4.78, 5) is 4.37. The van der Waals surface area contributed by atoms with E-state index in [-0.39, 0.29) is 0 Å². The lowest BCUT2D eigenvalue weighted by Gasteiger charge is -2.10. The number of aromatic nitrogens is 2. The molecule has 1 aromatic carbocycles. The van der Waals surface area contributed by atoms with Gasteiger partial charge in [0.25, 0.3) is 0 Å². The van der Waals surface area contributed by atoms with E-state index in [0.29, 0.717) is 0 Å². The van der Waals surface area contributed by atoms with Gasteiger partial charge in [-0.05, 0) is 25.1 Å². The molecule has 0 amide bonds. The summed E-state index contributed by atoms with van der Waals surface area (Å²) >= 11 is 3.46. The highest BCUT2D eigenvalue weighted by molar-refractivity contribution is 9.10. The third kappa shape index (κ3) is 1.97. The van der Waals surface area contributed by atoms with Crippen molar-refractivity contribution >= 4 is 15.9 Å². The summed E-state index contributed by atoms with van der Waals surface area (Å²) in [6.07, 6.45) is 3.77. The predicted octanol–water partition coefficient (Wildman–Crippen LogP) is 3.34. The number of imidazole rings is 1. The van der Waals surface area contributed by atoms with Crippen molar-refractivity contribution < 1.29 is 4.74 Å². The van der Waals surface area contributed by atoms with E-state index in [0.717, 1.165) is 28.2 Å². The van der Waals surface area contributed by atoms with Crippen molar-refractivity contribution in [2.24, 2.45) is 0 Å². The summed E-state index contributed by atoms with van der Waals surface area (Å²) in [6, 6.07) is 5.92. The van der Waals surface area contributed by atoms with Crippen molar-refractivity contribution in [3.8, 4) is 17.1 Å². The van der Waals surface area contributed by atoms with Crippen LogP contribution in [0.4, 0.5) is 0 Å². The summed E-state index contributed by atoms with van der Waals surface area (Å²) in [6.45, 7) is 2.99. The second kappa shape index (κ2) is 4.70. The van der Waals surface area contributed by atoms with Gasteiger partial charge in [-0.2, -0.15) is 0 Å². The molecule has 0 unspecified atom stereocenters. The van der Waals surface area contributed by atoms with E-state index in [1.807, 2.05) is 24.4 Å². The van der Waals surface area contributed by atoms with E-state index < -0.39 is 0 Å². The molecule has 0 saturated heterocycles. The van der Waals surface area contributed by atoms with E-state index in [1.165, 1.54) is 0 Å². The molecular formula is C12H13BrN2O. The van der Waals surface area contributed by atoms with Gasteiger partial charge in [-0.15, -0.1) is 0 Å². The third-order valence-corrected chi connectivity index (χ3v) is 2.95. The molecule has 16 heavy (non-hydrogen) atoms. The van der Waals surface area contributed by atoms with Gasteiger partial charge in [0, 0.05) is 23.4 Å². The Kier molecular flexibility index (Phi) is 3.29. The van der Waals surface area contributed by atoms with E-state index in [1.54, 1.807) is 13.3 Å². The number of ether oxygens (including phenoxy) is 1. The van der Waals surface area contributed by atoms with Gasteiger partial charge in [0.2, 0.25) is 0 Å². The van der Waals surface area contributed by atoms with Crippen LogP contribution in [-0.2, 0) is 6.54 Å². The Morgan fingerprint density at radius 2 is 2.25 bits per heavy atom. The van der Waals surface area contributed by atoms with Crippen molar-refractivity contribution in [1.29, 1.82) is 0 Å². The molecule has 0 aliphatic rings. The first-order chi connectivity index (χ1) is 7.76. The van der Waals surface area contributed by atoms with Gasteiger partial charge in [0.15, 0.2) is 0 Å². The molecule has 0 N–H and O–H groups in total. The SMILES string of the molecule is CCn1ccnc1-c1cc(Br)ccc1OC. The van der Waals surface area contributed by atoms with Gasteiger partial charge >= 0.3 is 0 Å². The number of halogens is 1. The summed E-state index contributed by atoms with van der Waals surface area (Å²) in [5.41, 5.74) is 1.00. The standard InChI is InChI=1S/C12H13BrN2O/c1-3-15-7-6-14-12(15)10-8-9(13)4-5-11(10)16-2/h4-8H,3H2,1-2H3. The molecule has 0 aliphatic heterocycles. The van der Waals surface area contributed by atoms with Crippen LogP contribution in [0.5, 0.6) is 5.75 Å². The molecule has 2 aromatic rings. The summed E-state index contributed by atoms with van der Waals surface area (Å²) in [5, 5.41) is 0. The Bertz CT molecular complexity index is 494.